The zero-order valence-corrected chi connectivity index (χ0v) is 17.2. The van der Waals surface area contributed by atoms with Gasteiger partial charge in [-0.05, 0) is 59.6 Å². The van der Waals surface area contributed by atoms with E-state index in [9.17, 15) is 19.2 Å². The normalized spacial score (nSPS) is 13.3. The highest BCUT2D eigenvalue weighted by atomic mass is 16.6. The minimum absolute atomic E-state index is 0.0438. The van der Waals surface area contributed by atoms with Crippen molar-refractivity contribution in [3.8, 4) is 0 Å². The molecule has 0 saturated heterocycles. The van der Waals surface area contributed by atoms with Gasteiger partial charge in [-0.1, -0.05) is 6.42 Å². The van der Waals surface area contributed by atoms with Crippen molar-refractivity contribution < 1.29 is 28.7 Å². The molecule has 0 saturated carbocycles. The van der Waals surface area contributed by atoms with E-state index in [0.717, 1.165) is 0 Å². The zero-order chi connectivity index (χ0) is 21.4. The van der Waals surface area contributed by atoms with Gasteiger partial charge in [-0.3, -0.25) is 24.2 Å². The minimum Gasteiger partial charge on any atom is -0.466 e. The van der Waals surface area contributed by atoms with Crippen LogP contribution in [-0.4, -0.2) is 40.7 Å². The molecule has 0 aromatic carbocycles. The average Bonchev–Trinajstić information content (AvgIpc) is 2.60. The van der Waals surface area contributed by atoms with Crippen molar-refractivity contribution in [2.75, 3.05) is 6.61 Å². The van der Waals surface area contributed by atoms with Crippen molar-refractivity contribution in [3.05, 3.63) is 30.1 Å². The van der Waals surface area contributed by atoms with Gasteiger partial charge in [-0.25, -0.2) is 0 Å². The van der Waals surface area contributed by atoms with Crippen LogP contribution in [0.3, 0.4) is 0 Å². The van der Waals surface area contributed by atoms with Crippen LogP contribution in [0, 0.1) is 5.41 Å². The van der Waals surface area contributed by atoms with Crippen molar-refractivity contribution in [1.82, 2.24) is 4.98 Å². The summed E-state index contributed by atoms with van der Waals surface area (Å²) in [5.41, 5.74) is -2.61. The number of nitrogens with zero attached hydrogens (tertiary/aromatic N) is 1. The molecule has 1 atom stereocenters. The average molecular weight is 391 g/mol. The molecule has 0 bridgehead atoms. The number of aromatic nitrogens is 1. The fourth-order valence-electron chi connectivity index (χ4n) is 2.80. The zero-order valence-electron chi connectivity index (χ0n) is 17.2. The van der Waals surface area contributed by atoms with E-state index in [1.54, 1.807) is 27.7 Å². The molecule has 154 valence electrons. The maximum absolute atomic E-state index is 13.2. The first kappa shape index (κ1) is 23.5. The number of carbonyl (C=O) groups is 4. The van der Waals surface area contributed by atoms with Gasteiger partial charge in [-0.15, -0.1) is 0 Å². The Kier molecular flexibility index (Phi) is 8.47. The predicted octanol–water partition coefficient (Wildman–Crippen LogP) is 3.30. The quantitative estimate of drug-likeness (QED) is 0.261. The van der Waals surface area contributed by atoms with Crippen molar-refractivity contribution in [2.24, 2.45) is 5.41 Å². The maximum Gasteiger partial charge on any atom is 0.328 e. The minimum atomic E-state index is -1.96. The van der Waals surface area contributed by atoms with E-state index in [1.807, 2.05) is 0 Å². The largest absolute Gasteiger partial charge is 0.466 e. The summed E-state index contributed by atoms with van der Waals surface area (Å²) in [6.45, 7) is 8.24. The Balaban J connectivity index is 3.15. The lowest BCUT2D eigenvalue weighted by atomic mass is 9.73. The van der Waals surface area contributed by atoms with Gasteiger partial charge in [0.2, 0.25) is 0 Å². The molecule has 1 aromatic rings. The molecule has 0 fully saturated rings. The van der Waals surface area contributed by atoms with Crippen LogP contribution in [-0.2, 0) is 23.9 Å². The monoisotopic (exact) mass is 391 g/mol. The molecule has 7 nitrogen and oxygen atoms in total. The van der Waals surface area contributed by atoms with Gasteiger partial charge in [0.25, 0.3) is 0 Å². The number of hydrogen-bond acceptors (Lipinski definition) is 7. The van der Waals surface area contributed by atoms with Crippen LogP contribution in [0.1, 0.15) is 70.7 Å². The van der Waals surface area contributed by atoms with E-state index in [4.69, 9.17) is 9.47 Å². The topological polar surface area (TPSA) is 99.6 Å². The summed E-state index contributed by atoms with van der Waals surface area (Å²) >= 11 is 0. The summed E-state index contributed by atoms with van der Waals surface area (Å²) in [7, 11) is 0. The van der Waals surface area contributed by atoms with Gasteiger partial charge >= 0.3 is 11.9 Å². The SMILES string of the molecule is CCOC(=O)CCCCC(C(C)=O)(C(=O)OC(C)(C)C)C(=O)c1ccncc1. The molecule has 1 heterocycles. The smallest absolute Gasteiger partial charge is 0.328 e. The Morgan fingerprint density at radius 1 is 1.04 bits per heavy atom. The number of pyridine rings is 1. The summed E-state index contributed by atoms with van der Waals surface area (Å²) in [6.07, 6.45) is 3.66. The van der Waals surface area contributed by atoms with Crippen LogP contribution < -0.4 is 0 Å². The molecule has 0 N–H and O–H groups in total. The second kappa shape index (κ2) is 10.1. The lowest BCUT2D eigenvalue weighted by molar-refractivity contribution is -0.167. The van der Waals surface area contributed by atoms with E-state index >= 15 is 0 Å². The molecule has 0 aliphatic heterocycles. The number of Topliss-reactive ketones (excluding diaryl/α,β-unsaturated/α-hetero) is 2. The van der Waals surface area contributed by atoms with Gasteiger partial charge in [0.15, 0.2) is 17.0 Å². The molecular formula is C21H29NO6. The lowest BCUT2D eigenvalue weighted by Gasteiger charge is -2.31. The van der Waals surface area contributed by atoms with Crippen LogP contribution in [0.5, 0.6) is 0 Å². The number of carbonyl (C=O) groups excluding carboxylic acids is 4. The summed E-state index contributed by atoms with van der Waals surface area (Å²) in [6, 6.07) is 2.92. The van der Waals surface area contributed by atoms with Crippen molar-refractivity contribution >= 4 is 23.5 Å². The number of rotatable bonds is 10. The molecule has 7 heteroatoms. The lowest BCUT2D eigenvalue weighted by Crippen LogP contribution is -2.48. The second-order valence-electron chi connectivity index (χ2n) is 7.54. The van der Waals surface area contributed by atoms with Crippen LogP contribution >= 0.6 is 0 Å². The third-order valence-corrected chi connectivity index (χ3v) is 4.17. The van der Waals surface area contributed by atoms with Crippen LogP contribution in [0.25, 0.3) is 0 Å². The second-order valence-corrected chi connectivity index (χ2v) is 7.54. The summed E-state index contributed by atoms with van der Waals surface area (Å²) in [5, 5.41) is 0. The van der Waals surface area contributed by atoms with E-state index in [0.29, 0.717) is 12.8 Å². The van der Waals surface area contributed by atoms with Crippen LogP contribution in [0.4, 0.5) is 0 Å². The fourth-order valence-corrected chi connectivity index (χ4v) is 2.80. The van der Waals surface area contributed by atoms with E-state index in [1.165, 1.54) is 31.5 Å². The van der Waals surface area contributed by atoms with E-state index in [-0.39, 0.29) is 31.0 Å². The van der Waals surface area contributed by atoms with Crippen LogP contribution in [0.15, 0.2) is 24.5 Å². The number of ketones is 2. The highest BCUT2D eigenvalue weighted by Crippen LogP contribution is 2.34. The molecular weight excluding hydrogens is 362 g/mol. The standard InChI is InChI=1S/C21H29NO6/c1-6-27-17(24)9-7-8-12-21(15(2)23,19(26)28-20(3,4)5)18(25)16-10-13-22-14-11-16/h10-11,13-14H,6-9,12H2,1-5H3. The first-order valence-corrected chi connectivity index (χ1v) is 9.39. The Labute approximate surface area is 165 Å². The van der Waals surface area contributed by atoms with Gasteiger partial charge in [0.05, 0.1) is 6.61 Å². The predicted molar refractivity (Wildman–Crippen MR) is 103 cm³/mol. The fraction of sp³-hybridized carbons (Fsp3) is 0.571. The number of unbranched alkanes of at least 4 members (excludes halogenated alkanes) is 1. The molecule has 0 radical (unpaired) electrons. The Morgan fingerprint density at radius 2 is 1.64 bits per heavy atom. The van der Waals surface area contributed by atoms with E-state index < -0.39 is 28.6 Å². The van der Waals surface area contributed by atoms with Gasteiger partial charge in [-0.2, -0.15) is 0 Å². The third-order valence-electron chi connectivity index (χ3n) is 4.17. The van der Waals surface area contributed by atoms with Crippen LogP contribution in [0.2, 0.25) is 0 Å². The molecule has 0 amide bonds. The maximum atomic E-state index is 13.2. The first-order chi connectivity index (χ1) is 13.0. The Hall–Kier alpha value is -2.57. The molecule has 1 unspecified atom stereocenters. The molecule has 28 heavy (non-hydrogen) atoms. The molecule has 1 aromatic heterocycles. The Morgan fingerprint density at radius 3 is 2.14 bits per heavy atom. The molecule has 1 rings (SSSR count). The molecule has 0 spiro atoms. The summed E-state index contributed by atoms with van der Waals surface area (Å²) < 4.78 is 10.3. The summed E-state index contributed by atoms with van der Waals surface area (Å²) in [4.78, 5) is 54.2. The molecule has 0 aliphatic rings. The number of esters is 2. The van der Waals surface area contributed by atoms with Crippen molar-refractivity contribution in [2.45, 2.75) is 65.9 Å². The number of hydrogen-bond donors (Lipinski definition) is 0. The number of ether oxygens (including phenoxy) is 2. The third kappa shape index (κ3) is 6.25. The first-order valence-electron chi connectivity index (χ1n) is 9.39. The Bertz CT molecular complexity index is 707. The van der Waals surface area contributed by atoms with Gasteiger partial charge in [0, 0.05) is 24.4 Å². The molecule has 0 aliphatic carbocycles. The van der Waals surface area contributed by atoms with Crippen molar-refractivity contribution in [1.29, 1.82) is 0 Å². The highest BCUT2D eigenvalue weighted by Gasteiger charge is 2.52. The van der Waals surface area contributed by atoms with Crippen molar-refractivity contribution in [3.63, 3.8) is 0 Å². The highest BCUT2D eigenvalue weighted by molar-refractivity contribution is 6.26. The van der Waals surface area contributed by atoms with Gasteiger partial charge < -0.3 is 9.47 Å². The summed E-state index contributed by atoms with van der Waals surface area (Å²) in [5.74, 6) is -2.42. The van der Waals surface area contributed by atoms with Gasteiger partial charge in [0.1, 0.15) is 5.60 Å². The van der Waals surface area contributed by atoms with E-state index in [2.05, 4.69) is 4.98 Å².